The van der Waals surface area contributed by atoms with Crippen LogP contribution in [0.3, 0.4) is 0 Å². The smallest absolute Gasteiger partial charge is 0.141 e. The highest BCUT2D eigenvalue weighted by molar-refractivity contribution is 5.78. The average Bonchev–Trinajstić information content (AvgIpc) is 2.67. The standard InChI is InChI=1S/C19H21FN4O/c20-16-4-2-15(3-5-16)18-12-17(13-21)23-14-19(18)22-6-1-7-24-8-10-25-11-9-24/h2-5,12,14,22H,1,6-11H2. The van der Waals surface area contributed by atoms with Gasteiger partial charge in [0.25, 0.3) is 0 Å². The first-order valence-electron chi connectivity index (χ1n) is 8.46. The van der Waals surface area contributed by atoms with Crippen molar-refractivity contribution in [3.63, 3.8) is 0 Å². The Morgan fingerprint density at radius 3 is 2.72 bits per heavy atom. The molecule has 5 nitrogen and oxygen atoms in total. The van der Waals surface area contributed by atoms with Crippen molar-refractivity contribution in [2.45, 2.75) is 6.42 Å². The highest BCUT2D eigenvalue weighted by atomic mass is 19.1. The molecule has 1 aliphatic rings. The zero-order valence-electron chi connectivity index (χ0n) is 14.0. The molecule has 2 aromatic rings. The van der Waals surface area contributed by atoms with E-state index in [1.807, 2.05) is 0 Å². The van der Waals surface area contributed by atoms with Crippen molar-refractivity contribution in [3.8, 4) is 17.2 Å². The van der Waals surface area contributed by atoms with Crippen molar-refractivity contribution in [1.29, 1.82) is 5.26 Å². The van der Waals surface area contributed by atoms with E-state index in [9.17, 15) is 4.39 Å². The molecule has 3 rings (SSSR count). The van der Waals surface area contributed by atoms with Crippen molar-refractivity contribution >= 4 is 5.69 Å². The third-order valence-corrected chi connectivity index (χ3v) is 4.24. The Bertz CT molecular complexity index is 736. The van der Waals surface area contributed by atoms with E-state index in [1.54, 1.807) is 24.4 Å². The second-order valence-corrected chi connectivity index (χ2v) is 5.97. The van der Waals surface area contributed by atoms with Gasteiger partial charge in [0.15, 0.2) is 0 Å². The van der Waals surface area contributed by atoms with Gasteiger partial charge in [-0.25, -0.2) is 9.37 Å². The van der Waals surface area contributed by atoms with Crippen LogP contribution in [0.4, 0.5) is 10.1 Å². The Kier molecular flexibility index (Phi) is 5.94. The van der Waals surface area contributed by atoms with Gasteiger partial charge in [0.2, 0.25) is 0 Å². The molecule has 0 bridgehead atoms. The Morgan fingerprint density at radius 2 is 2.00 bits per heavy atom. The van der Waals surface area contributed by atoms with E-state index in [0.717, 1.165) is 62.6 Å². The van der Waals surface area contributed by atoms with Gasteiger partial charge in [-0.05, 0) is 36.7 Å². The molecule has 0 aliphatic carbocycles. The lowest BCUT2D eigenvalue weighted by atomic mass is 10.0. The molecule has 0 atom stereocenters. The van der Waals surface area contributed by atoms with Gasteiger partial charge in [0, 0.05) is 25.2 Å². The van der Waals surface area contributed by atoms with Crippen LogP contribution in [0.15, 0.2) is 36.5 Å². The quantitative estimate of drug-likeness (QED) is 0.820. The SMILES string of the molecule is N#Cc1cc(-c2ccc(F)cc2)c(NCCCN2CCOCC2)cn1. The lowest BCUT2D eigenvalue weighted by Gasteiger charge is -2.26. The van der Waals surface area contributed by atoms with E-state index >= 15 is 0 Å². The van der Waals surface area contributed by atoms with Crippen LogP contribution < -0.4 is 5.32 Å². The minimum atomic E-state index is -0.279. The summed E-state index contributed by atoms with van der Waals surface area (Å²) in [6, 6.07) is 10.1. The molecule has 1 aromatic carbocycles. The van der Waals surface area contributed by atoms with Crippen molar-refractivity contribution in [1.82, 2.24) is 9.88 Å². The number of benzene rings is 1. The zero-order valence-corrected chi connectivity index (χ0v) is 14.0. The number of morpholine rings is 1. The van der Waals surface area contributed by atoms with E-state index in [-0.39, 0.29) is 5.82 Å². The summed E-state index contributed by atoms with van der Waals surface area (Å²) in [6.45, 7) is 5.41. The molecular weight excluding hydrogens is 319 g/mol. The maximum Gasteiger partial charge on any atom is 0.141 e. The Labute approximate surface area is 147 Å². The molecule has 1 fully saturated rings. The van der Waals surface area contributed by atoms with Crippen LogP contribution in [0.2, 0.25) is 0 Å². The van der Waals surface area contributed by atoms with Crippen LogP contribution in [0, 0.1) is 17.1 Å². The maximum absolute atomic E-state index is 13.2. The number of nitriles is 1. The van der Waals surface area contributed by atoms with Crippen molar-refractivity contribution in [2.75, 3.05) is 44.7 Å². The molecule has 0 spiro atoms. The molecule has 0 amide bonds. The van der Waals surface area contributed by atoms with Gasteiger partial charge < -0.3 is 10.1 Å². The summed E-state index contributed by atoms with van der Waals surface area (Å²) in [5.74, 6) is -0.279. The molecule has 1 N–H and O–H groups in total. The van der Waals surface area contributed by atoms with Crippen molar-refractivity contribution in [2.24, 2.45) is 0 Å². The number of hydrogen-bond donors (Lipinski definition) is 1. The highest BCUT2D eigenvalue weighted by Gasteiger charge is 2.11. The molecule has 1 saturated heterocycles. The Morgan fingerprint density at radius 1 is 1.24 bits per heavy atom. The lowest BCUT2D eigenvalue weighted by Crippen LogP contribution is -2.37. The number of anilines is 1. The number of rotatable bonds is 6. The summed E-state index contributed by atoms with van der Waals surface area (Å²) in [5, 5.41) is 12.5. The summed E-state index contributed by atoms with van der Waals surface area (Å²) in [4.78, 5) is 6.54. The van der Waals surface area contributed by atoms with Gasteiger partial charge in [0.1, 0.15) is 17.6 Å². The van der Waals surface area contributed by atoms with Crippen LogP contribution in [0.25, 0.3) is 11.1 Å². The second-order valence-electron chi connectivity index (χ2n) is 5.97. The molecule has 2 heterocycles. The third kappa shape index (κ3) is 4.75. The largest absolute Gasteiger partial charge is 0.383 e. The zero-order chi connectivity index (χ0) is 17.5. The van der Waals surface area contributed by atoms with Gasteiger partial charge in [-0.2, -0.15) is 5.26 Å². The van der Waals surface area contributed by atoms with Crippen LogP contribution >= 0.6 is 0 Å². The van der Waals surface area contributed by atoms with E-state index in [2.05, 4.69) is 21.3 Å². The number of ether oxygens (including phenoxy) is 1. The molecule has 0 radical (unpaired) electrons. The minimum Gasteiger partial charge on any atom is -0.383 e. The normalized spacial score (nSPS) is 14.9. The van der Waals surface area contributed by atoms with E-state index < -0.39 is 0 Å². The number of nitrogens with one attached hydrogen (secondary N) is 1. The van der Waals surface area contributed by atoms with Gasteiger partial charge in [0.05, 0.1) is 25.1 Å². The first-order valence-corrected chi connectivity index (χ1v) is 8.46. The summed E-state index contributed by atoms with van der Waals surface area (Å²) in [5.41, 5.74) is 2.92. The highest BCUT2D eigenvalue weighted by Crippen LogP contribution is 2.28. The Balaban J connectivity index is 1.65. The predicted molar refractivity (Wildman–Crippen MR) is 94.7 cm³/mol. The fraction of sp³-hybridized carbons (Fsp3) is 0.368. The van der Waals surface area contributed by atoms with Crippen molar-refractivity contribution in [3.05, 3.63) is 48.0 Å². The topological polar surface area (TPSA) is 61.2 Å². The molecular formula is C19H21FN4O. The molecule has 130 valence electrons. The molecule has 1 aromatic heterocycles. The molecule has 0 saturated carbocycles. The monoisotopic (exact) mass is 340 g/mol. The number of pyridine rings is 1. The van der Waals surface area contributed by atoms with E-state index in [4.69, 9.17) is 10.00 Å². The molecule has 1 aliphatic heterocycles. The van der Waals surface area contributed by atoms with Gasteiger partial charge >= 0.3 is 0 Å². The fourth-order valence-corrected chi connectivity index (χ4v) is 2.88. The number of hydrogen-bond acceptors (Lipinski definition) is 5. The predicted octanol–water partition coefficient (Wildman–Crippen LogP) is 2.89. The molecule has 6 heteroatoms. The van der Waals surface area contributed by atoms with Crippen LogP contribution in [0.1, 0.15) is 12.1 Å². The lowest BCUT2D eigenvalue weighted by molar-refractivity contribution is 0.0378. The first kappa shape index (κ1) is 17.3. The summed E-state index contributed by atoms with van der Waals surface area (Å²) in [7, 11) is 0. The van der Waals surface area contributed by atoms with Gasteiger partial charge in [-0.3, -0.25) is 4.90 Å². The number of aromatic nitrogens is 1. The fourth-order valence-electron chi connectivity index (χ4n) is 2.88. The summed E-state index contributed by atoms with van der Waals surface area (Å²) >= 11 is 0. The Hall–Kier alpha value is -2.49. The first-order chi connectivity index (χ1) is 12.3. The molecule has 0 unspecified atom stereocenters. The molecule has 25 heavy (non-hydrogen) atoms. The van der Waals surface area contributed by atoms with Crippen LogP contribution in [-0.4, -0.2) is 49.3 Å². The van der Waals surface area contributed by atoms with Crippen LogP contribution in [0.5, 0.6) is 0 Å². The van der Waals surface area contributed by atoms with E-state index in [1.165, 1.54) is 12.1 Å². The van der Waals surface area contributed by atoms with Gasteiger partial charge in [-0.1, -0.05) is 12.1 Å². The second kappa shape index (κ2) is 8.56. The minimum absolute atomic E-state index is 0.279. The van der Waals surface area contributed by atoms with E-state index in [0.29, 0.717) is 5.69 Å². The number of nitrogens with zero attached hydrogens (tertiary/aromatic N) is 3. The average molecular weight is 340 g/mol. The van der Waals surface area contributed by atoms with Crippen molar-refractivity contribution < 1.29 is 9.13 Å². The summed E-state index contributed by atoms with van der Waals surface area (Å²) in [6.07, 6.45) is 2.68. The third-order valence-electron chi connectivity index (χ3n) is 4.24. The maximum atomic E-state index is 13.2. The van der Waals surface area contributed by atoms with Crippen LogP contribution in [-0.2, 0) is 4.74 Å². The summed E-state index contributed by atoms with van der Waals surface area (Å²) < 4.78 is 18.5. The number of halogens is 1. The van der Waals surface area contributed by atoms with Gasteiger partial charge in [-0.15, -0.1) is 0 Å².